The summed E-state index contributed by atoms with van der Waals surface area (Å²) in [6.45, 7) is 1.59. The average Bonchev–Trinajstić information content (AvgIpc) is 2.23. The molecular weight excluding hydrogens is 214 g/mol. The summed E-state index contributed by atoms with van der Waals surface area (Å²) in [5, 5.41) is 29.8. The zero-order valence-corrected chi connectivity index (χ0v) is 8.52. The first kappa shape index (κ1) is 11.8. The molecule has 0 aromatic heterocycles. The van der Waals surface area contributed by atoms with Crippen LogP contribution in [0.5, 0.6) is 11.5 Å². The van der Waals surface area contributed by atoms with Crippen LogP contribution < -0.4 is 5.32 Å². The number of aromatic carboxylic acids is 1. The number of amides is 1. The number of anilines is 1. The van der Waals surface area contributed by atoms with Crippen LogP contribution in [-0.4, -0.2) is 27.2 Å². The molecule has 0 fully saturated rings. The zero-order valence-electron chi connectivity index (χ0n) is 8.52. The Morgan fingerprint density at radius 3 is 2.44 bits per heavy atom. The molecule has 1 rings (SSSR count). The molecule has 86 valence electrons. The molecule has 1 amide bonds. The molecule has 0 aliphatic heterocycles. The second kappa shape index (κ2) is 4.52. The molecule has 0 bridgehead atoms. The maximum atomic E-state index is 11.1. The van der Waals surface area contributed by atoms with Gasteiger partial charge in [-0.25, -0.2) is 4.79 Å². The van der Waals surface area contributed by atoms with Gasteiger partial charge in [0, 0.05) is 6.42 Å². The fraction of sp³-hybridized carbons (Fsp3) is 0.200. The van der Waals surface area contributed by atoms with E-state index in [2.05, 4.69) is 5.32 Å². The van der Waals surface area contributed by atoms with Crippen LogP contribution in [0, 0.1) is 0 Å². The van der Waals surface area contributed by atoms with Gasteiger partial charge in [-0.15, -0.1) is 0 Å². The first-order chi connectivity index (χ1) is 7.47. The van der Waals surface area contributed by atoms with E-state index >= 15 is 0 Å². The van der Waals surface area contributed by atoms with Crippen LogP contribution >= 0.6 is 0 Å². The fourth-order valence-corrected chi connectivity index (χ4v) is 1.10. The van der Waals surface area contributed by atoms with Crippen LogP contribution in [0.1, 0.15) is 23.7 Å². The Labute approximate surface area is 91.1 Å². The highest BCUT2D eigenvalue weighted by Gasteiger charge is 2.17. The highest BCUT2D eigenvalue weighted by molar-refractivity contribution is 5.99. The predicted octanol–water partition coefficient (Wildman–Crippen LogP) is 1.14. The summed E-state index contributed by atoms with van der Waals surface area (Å²) in [5.41, 5.74) is -0.670. The van der Waals surface area contributed by atoms with Gasteiger partial charge in [0.2, 0.25) is 5.91 Å². The molecule has 0 spiro atoms. The topological polar surface area (TPSA) is 107 Å². The lowest BCUT2D eigenvalue weighted by atomic mass is 10.1. The Morgan fingerprint density at radius 1 is 1.31 bits per heavy atom. The van der Waals surface area contributed by atoms with Gasteiger partial charge in [-0.3, -0.25) is 4.79 Å². The van der Waals surface area contributed by atoms with Gasteiger partial charge in [0.1, 0.15) is 17.0 Å². The summed E-state index contributed by atoms with van der Waals surface area (Å²) in [6, 6.07) is 2.14. The van der Waals surface area contributed by atoms with Crippen LogP contribution in [0.3, 0.4) is 0 Å². The van der Waals surface area contributed by atoms with Crippen LogP contribution in [-0.2, 0) is 4.79 Å². The van der Waals surface area contributed by atoms with Crippen LogP contribution in [0.4, 0.5) is 5.69 Å². The van der Waals surface area contributed by atoms with Gasteiger partial charge in [-0.05, 0) is 12.1 Å². The van der Waals surface area contributed by atoms with E-state index in [4.69, 9.17) is 5.11 Å². The quantitative estimate of drug-likeness (QED) is 0.577. The van der Waals surface area contributed by atoms with Crippen molar-refractivity contribution in [2.75, 3.05) is 5.32 Å². The maximum absolute atomic E-state index is 11.1. The lowest BCUT2D eigenvalue weighted by Crippen LogP contribution is -2.11. The predicted molar refractivity (Wildman–Crippen MR) is 55.7 cm³/mol. The molecule has 0 heterocycles. The van der Waals surface area contributed by atoms with Crippen molar-refractivity contribution in [3.05, 3.63) is 17.7 Å². The second-order valence-electron chi connectivity index (χ2n) is 3.06. The molecule has 16 heavy (non-hydrogen) atoms. The summed E-state index contributed by atoms with van der Waals surface area (Å²) < 4.78 is 0. The summed E-state index contributed by atoms with van der Waals surface area (Å²) >= 11 is 0. The Hall–Kier alpha value is -2.24. The molecule has 0 saturated carbocycles. The normalized spacial score (nSPS) is 9.81. The van der Waals surface area contributed by atoms with Crippen LogP contribution in [0.2, 0.25) is 0 Å². The number of carboxylic acid groups (broad SMARTS) is 1. The number of hydrogen-bond donors (Lipinski definition) is 4. The summed E-state index contributed by atoms with van der Waals surface area (Å²) in [4.78, 5) is 21.8. The molecule has 0 radical (unpaired) electrons. The highest BCUT2D eigenvalue weighted by atomic mass is 16.4. The third kappa shape index (κ3) is 2.22. The van der Waals surface area contributed by atoms with E-state index < -0.39 is 17.6 Å². The third-order valence-electron chi connectivity index (χ3n) is 1.97. The Balaban J connectivity index is 3.21. The third-order valence-corrected chi connectivity index (χ3v) is 1.97. The smallest absolute Gasteiger partial charge is 0.339 e. The minimum Gasteiger partial charge on any atom is -0.506 e. The Kier molecular flexibility index (Phi) is 3.34. The molecule has 1 aromatic rings. The van der Waals surface area contributed by atoms with Crippen molar-refractivity contribution in [1.82, 2.24) is 0 Å². The van der Waals surface area contributed by atoms with Crippen molar-refractivity contribution in [2.24, 2.45) is 0 Å². The number of rotatable bonds is 3. The van der Waals surface area contributed by atoms with Crippen LogP contribution in [0.25, 0.3) is 0 Å². The Morgan fingerprint density at radius 2 is 1.94 bits per heavy atom. The van der Waals surface area contributed by atoms with E-state index in [-0.39, 0.29) is 23.4 Å². The van der Waals surface area contributed by atoms with Gasteiger partial charge in [-0.2, -0.15) is 0 Å². The highest BCUT2D eigenvalue weighted by Crippen LogP contribution is 2.36. The van der Waals surface area contributed by atoms with Gasteiger partial charge < -0.3 is 20.6 Å². The van der Waals surface area contributed by atoms with Gasteiger partial charge >= 0.3 is 5.97 Å². The van der Waals surface area contributed by atoms with Crippen molar-refractivity contribution in [2.45, 2.75) is 13.3 Å². The largest absolute Gasteiger partial charge is 0.506 e. The molecule has 0 saturated heterocycles. The summed E-state index contributed by atoms with van der Waals surface area (Å²) in [6.07, 6.45) is 0.149. The second-order valence-corrected chi connectivity index (χ2v) is 3.06. The SMILES string of the molecule is CCC(=O)Nc1c(O)ccc(C(=O)O)c1O. The molecule has 0 aliphatic carbocycles. The van der Waals surface area contributed by atoms with Gasteiger partial charge in [-0.1, -0.05) is 6.92 Å². The van der Waals surface area contributed by atoms with Crippen molar-refractivity contribution in [3.63, 3.8) is 0 Å². The maximum Gasteiger partial charge on any atom is 0.339 e. The lowest BCUT2D eigenvalue weighted by molar-refractivity contribution is -0.115. The molecule has 0 unspecified atom stereocenters. The molecule has 1 aromatic carbocycles. The number of aromatic hydroxyl groups is 2. The van der Waals surface area contributed by atoms with E-state index in [1.165, 1.54) is 0 Å². The van der Waals surface area contributed by atoms with Crippen molar-refractivity contribution in [3.8, 4) is 11.5 Å². The number of phenolic OH excluding ortho intramolecular Hbond substituents is 1. The number of carbonyl (C=O) groups excluding carboxylic acids is 1. The lowest BCUT2D eigenvalue weighted by Gasteiger charge is -2.10. The van der Waals surface area contributed by atoms with Crippen molar-refractivity contribution in [1.29, 1.82) is 0 Å². The van der Waals surface area contributed by atoms with Gasteiger partial charge in [0.15, 0.2) is 5.75 Å². The molecule has 4 N–H and O–H groups in total. The number of phenols is 2. The summed E-state index contributed by atoms with van der Waals surface area (Å²) in [5.74, 6) is -2.82. The van der Waals surface area contributed by atoms with Gasteiger partial charge in [0.05, 0.1) is 0 Å². The van der Waals surface area contributed by atoms with E-state index in [1.807, 2.05) is 0 Å². The van der Waals surface area contributed by atoms with Crippen molar-refractivity contribution >= 4 is 17.6 Å². The minimum absolute atomic E-state index is 0.149. The van der Waals surface area contributed by atoms with Crippen LogP contribution in [0.15, 0.2) is 12.1 Å². The summed E-state index contributed by atoms with van der Waals surface area (Å²) in [7, 11) is 0. The number of carbonyl (C=O) groups is 2. The number of benzene rings is 1. The zero-order chi connectivity index (χ0) is 12.3. The van der Waals surface area contributed by atoms with Gasteiger partial charge in [0.25, 0.3) is 0 Å². The van der Waals surface area contributed by atoms with E-state index in [1.54, 1.807) is 6.92 Å². The number of nitrogens with one attached hydrogen (secondary N) is 1. The average molecular weight is 225 g/mol. The monoisotopic (exact) mass is 225 g/mol. The van der Waals surface area contributed by atoms with Crippen molar-refractivity contribution < 1.29 is 24.9 Å². The molecule has 0 aliphatic rings. The van der Waals surface area contributed by atoms with E-state index in [0.717, 1.165) is 12.1 Å². The first-order valence-corrected chi connectivity index (χ1v) is 4.55. The molecule has 0 atom stereocenters. The first-order valence-electron chi connectivity index (χ1n) is 4.55. The fourth-order valence-electron chi connectivity index (χ4n) is 1.10. The minimum atomic E-state index is -1.34. The molecule has 6 heteroatoms. The molecule has 6 nitrogen and oxygen atoms in total. The number of hydrogen-bond acceptors (Lipinski definition) is 4. The standard InChI is InChI=1S/C10H11NO5/c1-2-7(13)11-8-6(12)4-3-5(9(8)14)10(15)16/h3-4,12,14H,2H2,1H3,(H,11,13)(H,15,16). The van der Waals surface area contributed by atoms with E-state index in [0.29, 0.717) is 0 Å². The Bertz CT molecular complexity index is 441. The van der Waals surface area contributed by atoms with E-state index in [9.17, 15) is 19.8 Å². The number of carboxylic acids is 1. The molecular formula is C10H11NO5.